The standard InChI is InChI=1S/C26H39FN6O2.C21H17ClN2O2S/c1-18(2)25-10-21-9-24(28)23(27)11-26(21)33(25)16-22(34)17-35-8-4-6-32-15-20(12-30-32)14-31-7-5-29-19(3)13-31;1-10-5-12(22)6-15(11(10)2)14-3-4-23-18-7-13(27-19(14)18)9-24-20(25)16-8-17(16)21(24)26/h9-12,15,18-19,22,29,34H,4-8,13-14,16-17,28H2,1-3H3;3-7,16-17H,8-9H2,1-2H3. The number of ether oxygens (including phenoxy) is 1. The van der Waals surface area contributed by atoms with Gasteiger partial charge >= 0.3 is 0 Å². The smallest absolute Gasteiger partial charge is 0.233 e. The fourth-order valence-electron chi connectivity index (χ4n) is 8.77. The summed E-state index contributed by atoms with van der Waals surface area (Å²) in [6, 6.07) is 13.6. The molecule has 0 radical (unpaired) electrons. The van der Waals surface area contributed by atoms with Gasteiger partial charge in [-0.05, 0) is 92.6 Å². The van der Waals surface area contributed by atoms with Gasteiger partial charge in [0.15, 0.2) is 0 Å². The number of aromatic nitrogens is 4. The number of thiophene rings is 1. The lowest BCUT2D eigenvalue weighted by Gasteiger charge is -2.31. The minimum Gasteiger partial charge on any atom is -0.396 e. The third-order valence-electron chi connectivity index (χ3n) is 12.2. The molecule has 2 amide bonds. The summed E-state index contributed by atoms with van der Waals surface area (Å²) in [7, 11) is 0. The molecule has 2 aromatic carbocycles. The van der Waals surface area contributed by atoms with Gasteiger partial charge in [0, 0.05) is 95.9 Å². The number of halogens is 2. The van der Waals surface area contributed by atoms with E-state index >= 15 is 0 Å². The number of aliphatic hydroxyl groups excluding tert-OH is 1. The van der Waals surface area contributed by atoms with E-state index in [0.717, 1.165) is 93.9 Å². The molecule has 6 aromatic rings. The minimum atomic E-state index is -0.693. The van der Waals surface area contributed by atoms with E-state index in [2.05, 4.69) is 61.1 Å². The van der Waals surface area contributed by atoms with Crippen LogP contribution in [0.3, 0.4) is 0 Å². The number of nitrogens with one attached hydrogen (secondary N) is 1. The Labute approximate surface area is 370 Å². The van der Waals surface area contributed by atoms with Crippen LogP contribution in [0.25, 0.3) is 32.2 Å². The van der Waals surface area contributed by atoms with Crippen molar-refractivity contribution in [1.29, 1.82) is 0 Å². The Balaban J connectivity index is 0.000000176. The molecule has 4 unspecified atom stereocenters. The van der Waals surface area contributed by atoms with Gasteiger partial charge in [-0.2, -0.15) is 5.10 Å². The van der Waals surface area contributed by atoms with Gasteiger partial charge in [0.05, 0.1) is 65.3 Å². The lowest BCUT2D eigenvalue weighted by atomic mass is 9.97. The quantitative estimate of drug-likeness (QED) is 0.0571. The number of imide groups is 1. The van der Waals surface area contributed by atoms with Crippen LogP contribution in [0.4, 0.5) is 10.1 Å². The number of hydrogen-bond acceptors (Lipinski definition) is 10. The normalized spacial score (nSPS) is 19.4. The molecule has 3 fully saturated rings. The van der Waals surface area contributed by atoms with Crippen LogP contribution in [-0.4, -0.2) is 91.0 Å². The molecule has 0 bridgehead atoms. The van der Waals surface area contributed by atoms with Crippen molar-refractivity contribution in [2.24, 2.45) is 11.8 Å². The highest BCUT2D eigenvalue weighted by Gasteiger charge is 2.58. The largest absolute Gasteiger partial charge is 0.396 e. The van der Waals surface area contributed by atoms with Crippen LogP contribution in [0.15, 0.2) is 61.1 Å². The molecule has 4 atom stereocenters. The molecule has 12 nitrogen and oxygen atoms in total. The molecule has 1 saturated carbocycles. The minimum absolute atomic E-state index is 0.0167. The van der Waals surface area contributed by atoms with Crippen molar-refractivity contribution in [3.63, 3.8) is 0 Å². The molecule has 2 saturated heterocycles. The third-order valence-corrected chi connectivity index (χ3v) is 13.6. The lowest BCUT2D eigenvalue weighted by molar-refractivity contribution is -0.141. The summed E-state index contributed by atoms with van der Waals surface area (Å²) < 4.78 is 24.8. The van der Waals surface area contributed by atoms with Crippen LogP contribution in [0.5, 0.6) is 0 Å². The number of likely N-dealkylation sites (tertiary alicyclic amines) is 1. The van der Waals surface area contributed by atoms with Gasteiger partial charge < -0.3 is 25.5 Å². The number of hydrogen-bond donors (Lipinski definition) is 3. The van der Waals surface area contributed by atoms with Crippen LogP contribution in [0.2, 0.25) is 5.02 Å². The molecule has 3 aliphatic rings. The summed E-state index contributed by atoms with van der Waals surface area (Å²) in [4.78, 5) is 33.9. The Morgan fingerprint density at radius 1 is 1.08 bits per heavy atom. The molecular weight excluding hydrogens is 827 g/mol. The van der Waals surface area contributed by atoms with Crippen molar-refractivity contribution in [3.8, 4) is 11.1 Å². The molecule has 15 heteroatoms. The number of amides is 2. The Morgan fingerprint density at radius 3 is 2.63 bits per heavy atom. The number of nitrogens with zero attached hydrogens (tertiary/aromatic N) is 6. The number of fused-ring (bicyclic) bond motifs is 3. The number of nitrogen functional groups attached to an aromatic ring is 1. The van der Waals surface area contributed by atoms with Crippen LogP contribution in [0, 0.1) is 31.5 Å². The Bertz CT molecular complexity index is 2590. The monoisotopic (exact) mass is 882 g/mol. The Hall–Kier alpha value is -4.70. The van der Waals surface area contributed by atoms with Crippen molar-refractivity contribution in [1.82, 2.24) is 34.4 Å². The van der Waals surface area contributed by atoms with E-state index in [1.807, 2.05) is 45.8 Å². The molecule has 6 heterocycles. The summed E-state index contributed by atoms with van der Waals surface area (Å²) in [5.74, 6) is -0.361. The predicted octanol–water partition coefficient (Wildman–Crippen LogP) is 7.68. The SMILES string of the molecule is CC1CN(Cc2cnn(CCCOCC(O)Cn3c(C(C)C)cc4cc(N)c(F)cc43)c2)CCN1.Cc1cc(Cl)cc(-c2ccnc3cc(CN4C(=O)C5CC5C4=O)sc23)c1C. The number of anilines is 1. The number of pyridine rings is 1. The maximum absolute atomic E-state index is 14.1. The first-order chi connectivity index (χ1) is 29.7. The van der Waals surface area contributed by atoms with Crippen LogP contribution >= 0.6 is 22.9 Å². The number of carbonyl (C=O) groups excluding carboxylic acids is 2. The molecule has 9 rings (SSSR count). The molecule has 4 aromatic heterocycles. The van der Waals surface area contributed by atoms with E-state index < -0.39 is 11.9 Å². The predicted molar refractivity (Wildman–Crippen MR) is 244 cm³/mol. The van der Waals surface area contributed by atoms with Gasteiger partial charge in [0.25, 0.3) is 0 Å². The summed E-state index contributed by atoms with van der Waals surface area (Å²) in [5, 5.41) is 20.1. The maximum atomic E-state index is 14.1. The average molecular weight is 884 g/mol. The molecule has 4 N–H and O–H groups in total. The summed E-state index contributed by atoms with van der Waals surface area (Å²) >= 11 is 7.89. The second-order valence-electron chi connectivity index (χ2n) is 17.4. The molecule has 62 heavy (non-hydrogen) atoms. The first-order valence-electron chi connectivity index (χ1n) is 21.5. The van der Waals surface area contributed by atoms with Gasteiger partial charge in [0.1, 0.15) is 5.82 Å². The summed E-state index contributed by atoms with van der Waals surface area (Å²) in [5.41, 5.74) is 14.3. The second kappa shape index (κ2) is 18.6. The van der Waals surface area contributed by atoms with Crippen molar-refractivity contribution in [2.45, 2.75) is 91.7 Å². The highest BCUT2D eigenvalue weighted by molar-refractivity contribution is 7.19. The number of aliphatic hydroxyl groups is 1. The number of rotatable bonds is 14. The van der Waals surface area contributed by atoms with Crippen LogP contribution in [-0.2, 0) is 40.5 Å². The van der Waals surface area contributed by atoms with Crippen molar-refractivity contribution in [2.75, 3.05) is 38.6 Å². The highest BCUT2D eigenvalue weighted by Crippen LogP contribution is 2.48. The number of carbonyl (C=O) groups is 2. The van der Waals surface area contributed by atoms with E-state index in [4.69, 9.17) is 22.1 Å². The first kappa shape index (κ1) is 43.9. The number of benzene rings is 2. The molecule has 1 aliphatic carbocycles. The van der Waals surface area contributed by atoms with Gasteiger partial charge in [-0.1, -0.05) is 25.4 Å². The zero-order chi connectivity index (χ0) is 43.8. The topological polar surface area (TPSA) is 144 Å². The molecule has 0 spiro atoms. The first-order valence-corrected chi connectivity index (χ1v) is 22.7. The Morgan fingerprint density at radius 2 is 1.87 bits per heavy atom. The van der Waals surface area contributed by atoms with Crippen molar-refractivity contribution in [3.05, 3.63) is 99.2 Å². The van der Waals surface area contributed by atoms with E-state index in [1.54, 1.807) is 23.6 Å². The number of piperazine rings is 1. The average Bonchev–Trinajstić information content (AvgIpc) is 3.41. The van der Waals surface area contributed by atoms with Gasteiger partial charge in [-0.15, -0.1) is 11.3 Å². The fourth-order valence-corrected chi connectivity index (χ4v) is 10.2. The fraction of sp³-hybridized carbons (Fsp3) is 0.447. The summed E-state index contributed by atoms with van der Waals surface area (Å²) in [6.07, 6.45) is 6.71. The number of aryl methyl sites for hydroxylation is 2. The lowest BCUT2D eigenvalue weighted by Crippen LogP contribution is -2.48. The van der Waals surface area contributed by atoms with E-state index in [9.17, 15) is 19.1 Å². The van der Waals surface area contributed by atoms with E-state index in [0.29, 0.717) is 30.8 Å². The second-order valence-corrected chi connectivity index (χ2v) is 19.0. The summed E-state index contributed by atoms with van der Waals surface area (Å²) in [6.45, 7) is 16.8. The molecule has 2 aliphatic heterocycles. The van der Waals surface area contributed by atoms with Gasteiger partial charge in [-0.3, -0.25) is 29.1 Å². The molecular formula is C47H56ClFN8O4S. The van der Waals surface area contributed by atoms with Crippen LogP contribution < -0.4 is 11.1 Å². The zero-order valence-corrected chi connectivity index (χ0v) is 37.6. The maximum Gasteiger partial charge on any atom is 0.233 e. The number of nitrogens with two attached hydrogens (primary N) is 1. The van der Waals surface area contributed by atoms with E-state index in [-0.39, 0.29) is 41.9 Å². The van der Waals surface area contributed by atoms with Gasteiger partial charge in [0.2, 0.25) is 11.8 Å². The zero-order valence-electron chi connectivity index (χ0n) is 36.0. The van der Waals surface area contributed by atoms with Gasteiger partial charge in [-0.25, -0.2) is 4.39 Å². The van der Waals surface area contributed by atoms with E-state index in [1.165, 1.54) is 22.1 Å². The Kier molecular flexibility index (Phi) is 13.2. The molecule has 328 valence electrons. The highest BCUT2D eigenvalue weighted by atomic mass is 35.5. The number of piperidine rings is 1. The third kappa shape index (κ3) is 9.60. The van der Waals surface area contributed by atoms with Crippen LogP contribution in [0.1, 0.15) is 66.8 Å². The van der Waals surface area contributed by atoms with Crippen molar-refractivity contribution < 1.29 is 23.8 Å². The van der Waals surface area contributed by atoms with Crippen molar-refractivity contribution >= 4 is 61.6 Å².